The van der Waals surface area contributed by atoms with E-state index in [1.54, 1.807) is 24.9 Å². The number of carbonyl (C=O) groups is 1. The highest BCUT2D eigenvalue weighted by Crippen LogP contribution is 2.30. The maximum Gasteiger partial charge on any atom is 0.417 e. The van der Waals surface area contributed by atoms with Gasteiger partial charge in [0.1, 0.15) is 5.82 Å². The first kappa shape index (κ1) is 26.4. The Morgan fingerprint density at radius 3 is 2.37 bits per heavy atom. The van der Waals surface area contributed by atoms with Crippen molar-refractivity contribution in [2.45, 2.75) is 52.1 Å². The molecule has 3 heterocycles. The standard InChI is InChI=1S/C26H32F3N5O/c1-17(2)11-14-34(24-8-5-21(15-32-24)26(27,28)29)19(4)18(3)25(35)33-22-6-7-23(31-16-22)20-9-12-30-13-10-20/h5-8,15-16,20,30H,1,9-14H2,2-4H3,(H,33,35)/b19-18+. The van der Waals surface area contributed by atoms with Crippen LogP contribution in [0.15, 0.2) is 60.1 Å². The molecule has 0 bridgehead atoms. The maximum atomic E-state index is 13.0. The van der Waals surface area contributed by atoms with Crippen LogP contribution in [0.2, 0.25) is 0 Å². The molecule has 9 heteroatoms. The SMILES string of the molecule is C=C(C)CCN(/C(C)=C(\C)C(=O)Nc1ccc(C2CCNCC2)nc1)c1ccc(C(F)(F)F)cn1. The molecular weight excluding hydrogens is 455 g/mol. The minimum absolute atomic E-state index is 0.314. The highest BCUT2D eigenvalue weighted by molar-refractivity contribution is 6.04. The smallest absolute Gasteiger partial charge is 0.330 e. The van der Waals surface area contributed by atoms with Gasteiger partial charge in [-0.1, -0.05) is 5.57 Å². The molecule has 2 aromatic heterocycles. The molecule has 0 radical (unpaired) electrons. The number of amides is 1. The third-order valence-corrected chi connectivity index (χ3v) is 6.20. The lowest BCUT2D eigenvalue weighted by molar-refractivity contribution is -0.137. The van der Waals surface area contributed by atoms with Crippen LogP contribution in [-0.4, -0.2) is 35.5 Å². The van der Waals surface area contributed by atoms with Crippen molar-refractivity contribution in [1.29, 1.82) is 0 Å². The summed E-state index contributed by atoms with van der Waals surface area (Å²) in [5.74, 6) is 0.436. The number of aromatic nitrogens is 2. The zero-order chi connectivity index (χ0) is 25.6. The van der Waals surface area contributed by atoms with Crippen LogP contribution in [-0.2, 0) is 11.0 Å². The molecule has 0 saturated carbocycles. The van der Waals surface area contributed by atoms with Crippen LogP contribution in [0.4, 0.5) is 24.7 Å². The Labute approximate surface area is 204 Å². The van der Waals surface area contributed by atoms with Crippen molar-refractivity contribution in [3.05, 3.63) is 71.3 Å². The molecule has 0 aliphatic carbocycles. The van der Waals surface area contributed by atoms with Crippen LogP contribution >= 0.6 is 0 Å². The van der Waals surface area contributed by atoms with Crippen LogP contribution in [0, 0.1) is 0 Å². The highest BCUT2D eigenvalue weighted by Gasteiger charge is 2.31. The Bertz CT molecular complexity index is 1060. The summed E-state index contributed by atoms with van der Waals surface area (Å²) in [6.07, 6.45) is 0.675. The minimum atomic E-state index is -4.47. The normalized spacial score (nSPS) is 15.4. The van der Waals surface area contributed by atoms with Gasteiger partial charge in [0.25, 0.3) is 5.91 Å². The van der Waals surface area contributed by atoms with E-state index in [9.17, 15) is 18.0 Å². The van der Waals surface area contributed by atoms with Gasteiger partial charge >= 0.3 is 6.18 Å². The number of alkyl halides is 3. The van der Waals surface area contributed by atoms with Crippen molar-refractivity contribution >= 4 is 17.4 Å². The van der Waals surface area contributed by atoms with Crippen LogP contribution in [0.3, 0.4) is 0 Å². The number of rotatable bonds is 8. The summed E-state index contributed by atoms with van der Waals surface area (Å²) in [5.41, 5.74) is 2.72. The number of anilines is 2. The van der Waals surface area contributed by atoms with Gasteiger partial charge in [-0.25, -0.2) is 4.98 Å². The third-order valence-electron chi connectivity index (χ3n) is 6.20. The molecule has 2 aromatic rings. The summed E-state index contributed by atoms with van der Waals surface area (Å²) in [7, 11) is 0. The molecule has 0 spiro atoms. The first-order chi connectivity index (χ1) is 16.6. The number of pyridine rings is 2. The first-order valence-electron chi connectivity index (χ1n) is 11.7. The van der Waals surface area contributed by atoms with Gasteiger partial charge in [-0.3, -0.25) is 9.78 Å². The number of hydrogen-bond donors (Lipinski definition) is 2. The second-order valence-electron chi connectivity index (χ2n) is 8.92. The Kier molecular flexibility index (Phi) is 8.67. The lowest BCUT2D eigenvalue weighted by Crippen LogP contribution is -2.27. The van der Waals surface area contributed by atoms with Gasteiger partial charge in [0.05, 0.1) is 17.4 Å². The molecule has 188 valence electrons. The molecule has 1 aliphatic rings. The number of carbonyl (C=O) groups excluding carboxylic acids is 1. The number of allylic oxidation sites excluding steroid dienone is 1. The Balaban J connectivity index is 1.77. The predicted molar refractivity (Wildman–Crippen MR) is 132 cm³/mol. The highest BCUT2D eigenvalue weighted by atomic mass is 19.4. The molecule has 3 rings (SSSR count). The summed E-state index contributed by atoms with van der Waals surface area (Å²) in [5, 5.41) is 6.21. The van der Waals surface area contributed by atoms with Crippen LogP contribution in [0.1, 0.15) is 57.2 Å². The summed E-state index contributed by atoms with van der Waals surface area (Å²) in [6.45, 7) is 11.6. The van der Waals surface area contributed by atoms with Crippen molar-refractivity contribution in [3.8, 4) is 0 Å². The second-order valence-corrected chi connectivity index (χ2v) is 8.92. The predicted octanol–water partition coefficient (Wildman–Crippen LogP) is 5.67. The second kappa shape index (κ2) is 11.5. The number of piperidine rings is 1. The fourth-order valence-corrected chi connectivity index (χ4v) is 3.90. The molecule has 35 heavy (non-hydrogen) atoms. The van der Waals surface area contributed by atoms with Gasteiger partial charge in [0, 0.05) is 35.6 Å². The quantitative estimate of drug-likeness (QED) is 0.371. The average molecular weight is 488 g/mol. The summed E-state index contributed by atoms with van der Waals surface area (Å²) < 4.78 is 38.9. The molecule has 6 nitrogen and oxygen atoms in total. The average Bonchev–Trinajstić information content (AvgIpc) is 2.84. The van der Waals surface area contributed by atoms with E-state index in [4.69, 9.17) is 0 Å². The third kappa shape index (κ3) is 7.14. The molecule has 0 atom stereocenters. The van der Waals surface area contributed by atoms with E-state index in [-0.39, 0.29) is 5.91 Å². The number of nitrogens with one attached hydrogen (secondary N) is 2. The zero-order valence-corrected chi connectivity index (χ0v) is 20.4. The fourth-order valence-electron chi connectivity index (χ4n) is 3.90. The Morgan fingerprint density at radius 2 is 1.83 bits per heavy atom. The van der Waals surface area contributed by atoms with Crippen molar-refractivity contribution < 1.29 is 18.0 Å². The minimum Gasteiger partial charge on any atom is -0.330 e. The van der Waals surface area contributed by atoms with Crippen molar-refractivity contribution in [1.82, 2.24) is 15.3 Å². The van der Waals surface area contributed by atoms with Gasteiger partial charge in [-0.2, -0.15) is 13.2 Å². The zero-order valence-electron chi connectivity index (χ0n) is 20.4. The molecule has 0 unspecified atom stereocenters. The number of nitrogens with zero attached hydrogens (tertiary/aromatic N) is 3. The summed E-state index contributed by atoms with van der Waals surface area (Å²) in [4.78, 5) is 23.3. The van der Waals surface area contributed by atoms with Gasteiger partial charge in [-0.05, 0) is 77.4 Å². The monoisotopic (exact) mass is 487 g/mol. The van der Waals surface area contributed by atoms with Crippen molar-refractivity contribution in [3.63, 3.8) is 0 Å². The van der Waals surface area contributed by atoms with Gasteiger partial charge in [0.15, 0.2) is 0 Å². The lowest BCUT2D eigenvalue weighted by Gasteiger charge is -2.26. The van der Waals surface area contributed by atoms with Crippen molar-refractivity contribution in [2.75, 3.05) is 29.9 Å². The van der Waals surface area contributed by atoms with E-state index in [1.807, 2.05) is 19.1 Å². The summed E-state index contributed by atoms with van der Waals surface area (Å²) >= 11 is 0. The van der Waals surface area contributed by atoms with E-state index in [1.165, 1.54) is 6.07 Å². The Morgan fingerprint density at radius 1 is 1.11 bits per heavy atom. The van der Waals surface area contributed by atoms with Crippen LogP contribution < -0.4 is 15.5 Å². The molecular formula is C26H32F3N5O. The van der Waals surface area contributed by atoms with E-state index in [2.05, 4.69) is 27.2 Å². The molecule has 0 aromatic carbocycles. The molecule has 2 N–H and O–H groups in total. The van der Waals surface area contributed by atoms with E-state index < -0.39 is 11.7 Å². The van der Waals surface area contributed by atoms with Crippen LogP contribution in [0.5, 0.6) is 0 Å². The fraction of sp³-hybridized carbons (Fsp3) is 0.423. The van der Waals surface area contributed by atoms with E-state index in [0.29, 0.717) is 41.7 Å². The first-order valence-corrected chi connectivity index (χ1v) is 11.7. The number of hydrogen-bond acceptors (Lipinski definition) is 5. The largest absolute Gasteiger partial charge is 0.417 e. The van der Waals surface area contributed by atoms with Gasteiger partial charge < -0.3 is 15.5 Å². The lowest BCUT2D eigenvalue weighted by atomic mass is 9.94. The molecule has 1 fully saturated rings. The Hall–Kier alpha value is -3.20. The number of halogens is 3. The summed E-state index contributed by atoms with van der Waals surface area (Å²) in [6, 6.07) is 6.11. The maximum absolute atomic E-state index is 13.0. The molecule has 1 aliphatic heterocycles. The molecule has 1 saturated heterocycles. The van der Waals surface area contributed by atoms with Gasteiger partial charge in [0.2, 0.25) is 0 Å². The van der Waals surface area contributed by atoms with Crippen LogP contribution in [0.25, 0.3) is 0 Å². The van der Waals surface area contributed by atoms with Crippen molar-refractivity contribution in [2.24, 2.45) is 0 Å². The van der Waals surface area contributed by atoms with E-state index >= 15 is 0 Å². The topological polar surface area (TPSA) is 70.2 Å². The van der Waals surface area contributed by atoms with Gasteiger partial charge in [-0.15, -0.1) is 6.58 Å². The molecule has 1 amide bonds. The van der Waals surface area contributed by atoms with E-state index in [0.717, 1.165) is 49.5 Å².